The van der Waals surface area contributed by atoms with E-state index in [-0.39, 0.29) is 0 Å². The standard InChI is InChI=1S/C8H10N4/c1-11(2)7-6-10-12-5-3-4-9-8(7)12/h3-6H,1-2H3. The molecule has 0 N–H and O–H groups in total. The molecule has 4 heteroatoms. The molecule has 0 saturated heterocycles. The molecule has 0 aliphatic rings. The van der Waals surface area contributed by atoms with E-state index >= 15 is 0 Å². The molecule has 0 atom stereocenters. The van der Waals surface area contributed by atoms with Crippen LogP contribution in [-0.4, -0.2) is 28.7 Å². The zero-order chi connectivity index (χ0) is 8.55. The molecule has 0 amide bonds. The summed E-state index contributed by atoms with van der Waals surface area (Å²) in [5, 5.41) is 4.15. The van der Waals surface area contributed by atoms with Crippen LogP contribution in [0.1, 0.15) is 0 Å². The highest BCUT2D eigenvalue weighted by Crippen LogP contribution is 2.15. The summed E-state index contributed by atoms with van der Waals surface area (Å²) in [6.07, 6.45) is 5.46. The average Bonchev–Trinajstić information content (AvgIpc) is 2.47. The molecule has 2 aromatic rings. The van der Waals surface area contributed by atoms with Crippen LogP contribution in [0.25, 0.3) is 5.65 Å². The molecule has 0 spiro atoms. The molecule has 2 aromatic heterocycles. The molecule has 0 bridgehead atoms. The fourth-order valence-electron chi connectivity index (χ4n) is 1.13. The third-order valence-corrected chi connectivity index (χ3v) is 1.74. The second-order valence-electron chi connectivity index (χ2n) is 2.81. The van der Waals surface area contributed by atoms with E-state index in [2.05, 4.69) is 10.1 Å². The monoisotopic (exact) mass is 162 g/mol. The molecule has 0 aliphatic carbocycles. The number of fused-ring (bicyclic) bond motifs is 1. The van der Waals surface area contributed by atoms with Crippen LogP contribution in [0.2, 0.25) is 0 Å². The summed E-state index contributed by atoms with van der Waals surface area (Å²) in [5.74, 6) is 0. The second kappa shape index (κ2) is 2.48. The lowest BCUT2D eigenvalue weighted by atomic mass is 10.5. The van der Waals surface area contributed by atoms with Gasteiger partial charge in [-0.15, -0.1) is 0 Å². The van der Waals surface area contributed by atoms with E-state index in [0.29, 0.717) is 0 Å². The maximum atomic E-state index is 4.22. The summed E-state index contributed by atoms with van der Waals surface area (Å²) in [4.78, 5) is 6.22. The topological polar surface area (TPSA) is 33.4 Å². The minimum Gasteiger partial charge on any atom is -0.373 e. The van der Waals surface area contributed by atoms with Crippen LogP contribution in [0.4, 0.5) is 5.69 Å². The average molecular weight is 162 g/mol. The highest BCUT2D eigenvalue weighted by molar-refractivity contribution is 5.66. The van der Waals surface area contributed by atoms with Gasteiger partial charge < -0.3 is 4.90 Å². The molecular weight excluding hydrogens is 152 g/mol. The fraction of sp³-hybridized carbons (Fsp3) is 0.250. The quantitative estimate of drug-likeness (QED) is 0.621. The first kappa shape index (κ1) is 7.09. The number of aromatic nitrogens is 3. The Labute approximate surface area is 70.4 Å². The Morgan fingerprint density at radius 2 is 2.25 bits per heavy atom. The summed E-state index contributed by atoms with van der Waals surface area (Å²) >= 11 is 0. The van der Waals surface area contributed by atoms with Crippen LogP contribution in [0.3, 0.4) is 0 Å². The lowest BCUT2D eigenvalue weighted by Crippen LogP contribution is -2.08. The van der Waals surface area contributed by atoms with Crippen LogP contribution >= 0.6 is 0 Å². The zero-order valence-electron chi connectivity index (χ0n) is 7.10. The van der Waals surface area contributed by atoms with Crippen molar-refractivity contribution < 1.29 is 0 Å². The third kappa shape index (κ3) is 0.922. The van der Waals surface area contributed by atoms with Crippen molar-refractivity contribution in [3.63, 3.8) is 0 Å². The van der Waals surface area contributed by atoms with Crippen molar-refractivity contribution in [1.29, 1.82) is 0 Å². The number of anilines is 1. The summed E-state index contributed by atoms with van der Waals surface area (Å²) < 4.78 is 1.76. The summed E-state index contributed by atoms with van der Waals surface area (Å²) in [6.45, 7) is 0. The smallest absolute Gasteiger partial charge is 0.178 e. The van der Waals surface area contributed by atoms with Gasteiger partial charge in [-0.3, -0.25) is 0 Å². The zero-order valence-corrected chi connectivity index (χ0v) is 7.10. The van der Waals surface area contributed by atoms with Crippen molar-refractivity contribution in [1.82, 2.24) is 14.6 Å². The van der Waals surface area contributed by atoms with E-state index in [9.17, 15) is 0 Å². The van der Waals surface area contributed by atoms with Gasteiger partial charge in [-0.25, -0.2) is 9.50 Å². The lowest BCUT2D eigenvalue weighted by Gasteiger charge is -2.07. The third-order valence-electron chi connectivity index (χ3n) is 1.74. The van der Waals surface area contributed by atoms with E-state index in [0.717, 1.165) is 11.3 Å². The number of nitrogens with zero attached hydrogens (tertiary/aromatic N) is 4. The first-order valence-corrected chi connectivity index (χ1v) is 3.75. The predicted octanol–water partition coefficient (Wildman–Crippen LogP) is 0.795. The van der Waals surface area contributed by atoms with Gasteiger partial charge in [0.15, 0.2) is 5.65 Å². The van der Waals surface area contributed by atoms with Crippen molar-refractivity contribution in [2.24, 2.45) is 0 Å². The number of rotatable bonds is 1. The Morgan fingerprint density at radius 3 is 3.00 bits per heavy atom. The molecule has 4 nitrogen and oxygen atoms in total. The van der Waals surface area contributed by atoms with E-state index < -0.39 is 0 Å². The van der Waals surface area contributed by atoms with Gasteiger partial charge in [0.05, 0.1) is 6.20 Å². The first-order chi connectivity index (χ1) is 5.79. The van der Waals surface area contributed by atoms with Gasteiger partial charge in [0.1, 0.15) is 5.69 Å². The molecule has 0 fully saturated rings. The molecule has 0 aliphatic heterocycles. The molecule has 0 radical (unpaired) electrons. The SMILES string of the molecule is CN(C)c1cnn2cccnc12. The first-order valence-electron chi connectivity index (χ1n) is 3.75. The Kier molecular flexibility index (Phi) is 1.46. The Bertz CT molecular complexity index is 391. The van der Waals surface area contributed by atoms with E-state index in [1.165, 1.54) is 0 Å². The maximum absolute atomic E-state index is 4.22. The van der Waals surface area contributed by atoms with Crippen LogP contribution in [0.15, 0.2) is 24.7 Å². The molecular formula is C8H10N4. The molecule has 0 unspecified atom stereocenters. The minimum atomic E-state index is 0.891. The van der Waals surface area contributed by atoms with Crippen LogP contribution < -0.4 is 4.90 Å². The van der Waals surface area contributed by atoms with Gasteiger partial charge in [0, 0.05) is 26.5 Å². The highest BCUT2D eigenvalue weighted by Gasteiger charge is 2.04. The molecule has 62 valence electrons. The van der Waals surface area contributed by atoms with Crippen molar-refractivity contribution in [3.8, 4) is 0 Å². The molecule has 2 heterocycles. The Hall–Kier alpha value is -1.58. The summed E-state index contributed by atoms with van der Waals surface area (Å²) in [7, 11) is 3.96. The van der Waals surface area contributed by atoms with Crippen molar-refractivity contribution in [3.05, 3.63) is 24.7 Å². The Balaban J connectivity index is 2.70. The fourth-order valence-corrected chi connectivity index (χ4v) is 1.13. The second-order valence-corrected chi connectivity index (χ2v) is 2.81. The van der Waals surface area contributed by atoms with Crippen molar-refractivity contribution in [2.75, 3.05) is 19.0 Å². The Morgan fingerprint density at radius 1 is 1.42 bits per heavy atom. The van der Waals surface area contributed by atoms with E-state index in [1.54, 1.807) is 10.7 Å². The van der Waals surface area contributed by atoms with Crippen LogP contribution in [0, 0.1) is 0 Å². The largest absolute Gasteiger partial charge is 0.373 e. The molecule has 0 aromatic carbocycles. The molecule has 2 rings (SSSR count). The molecule has 12 heavy (non-hydrogen) atoms. The summed E-state index contributed by atoms with van der Waals surface area (Å²) in [5.41, 5.74) is 1.93. The number of hydrogen-bond acceptors (Lipinski definition) is 3. The van der Waals surface area contributed by atoms with Crippen molar-refractivity contribution in [2.45, 2.75) is 0 Å². The lowest BCUT2D eigenvalue weighted by molar-refractivity contribution is 0.939. The van der Waals surface area contributed by atoms with Crippen LogP contribution in [0.5, 0.6) is 0 Å². The minimum absolute atomic E-state index is 0.891. The highest BCUT2D eigenvalue weighted by atomic mass is 15.3. The van der Waals surface area contributed by atoms with Gasteiger partial charge in [0.25, 0.3) is 0 Å². The predicted molar refractivity (Wildman–Crippen MR) is 47.3 cm³/mol. The van der Waals surface area contributed by atoms with E-state index in [1.807, 2.05) is 37.5 Å². The van der Waals surface area contributed by atoms with Gasteiger partial charge in [-0.05, 0) is 6.07 Å². The number of hydrogen-bond donors (Lipinski definition) is 0. The molecule has 0 saturated carbocycles. The van der Waals surface area contributed by atoms with Gasteiger partial charge >= 0.3 is 0 Å². The maximum Gasteiger partial charge on any atom is 0.178 e. The normalized spacial score (nSPS) is 10.5. The van der Waals surface area contributed by atoms with Gasteiger partial charge in [-0.1, -0.05) is 0 Å². The van der Waals surface area contributed by atoms with Crippen molar-refractivity contribution >= 4 is 11.3 Å². The van der Waals surface area contributed by atoms with Gasteiger partial charge in [0.2, 0.25) is 0 Å². The van der Waals surface area contributed by atoms with Crippen LogP contribution in [-0.2, 0) is 0 Å². The summed E-state index contributed by atoms with van der Waals surface area (Å²) in [6, 6.07) is 1.86. The van der Waals surface area contributed by atoms with E-state index in [4.69, 9.17) is 0 Å². The van der Waals surface area contributed by atoms with Gasteiger partial charge in [-0.2, -0.15) is 5.10 Å².